The van der Waals surface area contributed by atoms with Crippen LogP contribution in [0.3, 0.4) is 0 Å². The fraction of sp³-hybridized carbons (Fsp3) is 0.429. The van der Waals surface area contributed by atoms with Gasteiger partial charge in [-0.25, -0.2) is 8.78 Å². The van der Waals surface area contributed by atoms with Gasteiger partial charge in [-0.15, -0.1) is 11.3 Å². The maximum absolute atomic E-state index is 12.4. The molecule has 0 saturated carbocycles. The first-order valence-corrected chi connectivity index (χ1v) is 4.93. The second-order valence-electron chi connectivity index (χ2n) is 2.72. The van der Waals surface area contributed by atoms with Gasteiger partial charge in [-0.2, -0.15) is 0 Å². The summed E-state index contributed by atoms with van der Waals surface area (Å²) in [4.78, 5) is 0. The van der Waals surface area contributed by atoms with Crippen molar-refractivity contribution in [1.82, 2.24) is 0 Å². The Morgan fingerprint density at radius 3 is 2.58 bits per heavy atom. The number of thiophene rings is 1. The van der Waals surface area contributed by atoms with Crippen LogP contribution in [0.2, 0.25) is 0 Å². The van der Waals surface area contributed by atoms with E-state index in [1.807, 2.05) is 0 Å². The van der Waals surface area contributed by atoms with E-state index in [9.17, 15) is 8.78 Å². The maximum atomic E-state index is 12.4. The van der Waals surface area contributed by atoms with Crippen LogP contribution < -0.4 is 5.73 Å². The molecule has 1 heterocycles. The van der Waals surface area contributed by atoms with Crippen molar-refractivity contribution in [2.75, 3.05) is 0 Å². The van der Waals surface area contributed by atoms with Crippen LogP contribution in [0.4, 0.5) is 8.78 Å². The van der Waals surface area contributed by atoms with Crippen LogP contribution in [-0.2, 0) is 5.54 Å². The molecule has 68 valence electrons. The van der Waals surface area contributed by atoms with Gasteiger partial charge >= 0.3 is 0 Å². The average Bonchev–Trinajstić information content (AvgIpc) is 2.35. The number of nitrogens with two attached hydrogens (primary N) is 1. The summed E-state index contributed by atoms with van der Waals surface area (Å²) in [5.41, 5.74) is 4.36. The Labute approximate surface area is 81.7 Å². The lowest BCUT2D eigenvalue weighted by molar-refractivity contribution is 0.0627. The lowest BCUT2D eigenvalue weighted by atomic mass is 9.97. The smallest absolute Gasteiger partial charge is 0.260 e. The van der Waals surface area contributed by atoms with E-state index in [4.69, 9.17) is 5.73 Å². The van der Waals surface area contributed by atoms with E-state index in [1.165, 1.54) is 18.3 Å². The number of rotatable bonds is 2. The van der Waals surface area contributed by atoms with Crippen LogP contribution in [0.1, 0.15) is 12.5 Å². The van der Waals surface area contributed by atoms with E-state index in [2.05, 4.69) is 15.9 Å². The van der Waals surface area contributed by atoms with Crippen molar-refractivity contribution in [2.45, 2.75) is 18.9 Å². The van der Waals surface area contributed by atoms with Crippen LogP contribution >= 0.6 is 27.3 Å². The number of hydrogen-bond donors (Lipinski definition) is 1. The standard InChI is InChI=1S/C7H8BrF2NS/c1-7(11,6(9)10)4-2-5(8)12-3-4/h2-3,6H,11H2,1H3. The SMILES string of the molecule is CC(N)(c1csc(Br)c1)C(F)F. The molecule has 0 amide bonds. The third-order valence-electron chi connectivity index (χ3n) is 1.64. The van der Waals surface area contributed by atoms with E-state index < -0.39 is 12.0 Å². The molecular weight excluding hydrogens is 248 g/mol. The topological polar surface area (TPSA) is 26.0 Å². The molecule has 0 radical (unpaired) electrons. The first kappa shape index (κ1) is 10.1. The normalized spacial score (nSPS) is 16.5. The van der Waals surface area contributed by atoms with E-state index in [-0.39, 0.29) is 0 Å². The quantitative estimate of drug-likeness (QED) is 0.864. The molecule has 0 aliphatic rings. The number of hydrogen-bond acceptors (Lipinski definition) is 2. The molecule has 12 heavy (non-hydrogen) atoms. The van der Waals surface area contributed by atoms with Crippen molar-refractivity contribution in [2.24, 2.45) is 5.73 Å². The predicted octanol–water partition coefficient (Wildman–Crippen LogP) is 2.95. The zero-order valence-electron chi connectivity index (χ0n) is 6.35. The van der Waals surface area contributed by atoms with Crippen molar-refractivity contribution in [3.8, 4) is 0 Å². The zero-order chi connectivity index (χ0) is 9.35. The summed E-state index contributed by atoms with van der Waals surface area (Å²) in [5.74, 6) is 0. The van der Waals surface area contributed by atoms with E-state index in [1.54, 1.807) is 11.4 Å². The molecular formula is C7H8BrF2NS. The summed E-state index contributed by atoms with van der Waals surface area (Å²) in [6, 6.07) is 1.62. The maximum Gasteiger partial charge on any atom is 0.260 e. The van der Waals surface area contributed by atoms with Crippen molar-refractivity contribution in [1.29, 1.82) is 0 Å². The van der Waals surface area contributed by atoms with E-state index in [0.717, 1.165) is 3.79 Å². The molecule has 0 spiro atoms. The highest BCUT2D eigenvalue weighted by Crippen LogP contribution is 2.31. The zero-order valence-corrected chi connectivity index (χ0v) is 8.75. The summed E-state index contributed by atoms with van der Waals surface area (Å²) in [5, 5.41) is 1.64. The van der Waals surface area contributed by atoms with E-state index in [0.29, 0.717) is 5.56 Å². The van der Waals surface area contributed by atoms with Crippen LogP contribution in [0.15, 0.2) is 15.2 Å². The highest BCUT2D eigenvalue weighted by molar-refractivity contribution is 9.11. The minimum atomic E-state index is -2.54. The molecule has 0 aliphatic carbocycles. The Kier molecular flexibility index (Phi) is 2.85. The van der Waals surface area contributed by atoms with Gasteiger partial charge in [-0.05, 0) is 39.9 Å². The highest BCUT2D eigenvalue weighted by Gasteiger charge is 2.32. The van der Waals surface area contributed by atoms with Gasteiger partial charge in [-0.3, -0.25) is 0 Å². The molecule has 0 bridgehead atoms. The average molecular weight is 256 g/mol. The van der Waals surface area contributed by atoms with Gasteiger partial charge in [0.1, 0.15) is 5.54 Å². The van der Waals surface area contributed by atoms with Gasteiger partial charge in [0.25, 0.3) is 6.43 Å². The molecule has 0 fully saturated rings. The summed E-state index contributed by atoms with van der Waals surface area (Å²) < 4.78 is 25.6. The number of halogens is 3. The molecule has 2 N–H and O–H groups in total. The molecule has 0 aliphatic heterocycles. The van der Waals surface area contributed by atoms with Crippen LogP contribution in [0.5, 0.6) is 0 Å². The number of alkyl halides is 2. The molecule has 0 saturated heterocycles. The van der Waals surface area contributed by atoms with Gasteiger partial charge in [0.05, 0.1) is 3.79 Å². The van der Waals surface area contributed by atoms with Gasteiger partial charge in [0, 0.05) is 0 Å². The molecule has 0 aromatic carbocycles. The Morgan fingerprint density at radius 2 is 2.25 bits per heavy atom. The lowest BCUT2D eigenvalue weighted by Gasteiger charge is -2.22. The highest BCUT2D eigenvalue weighted by atomic mass is 79.9. The fourth-order valence-corrected chi connectivity index (χ4v) is 2.00. The summed E-state index contributed by atoms with van der Waals surface area (Å²) in [7, 11) is 0. The minimum Gasteiger partial charge on any atom is -0.317 e. The minimum absolute atomic E-state index is 0.467. The van der Waals surface area contributed by atoms with Gasteiger partial charge in [0.15, 0.2) is 0 Å². The Balaban J connectivity index is 2.97. The third kappa shape index (κ3) is 1.84. The lowest BCUT2D eigenvalue weighted by Crippen LogP contribution is -2.40. The van der Waals surface area contributed by atoms with Crippen LogP contribution in [-0.4, -0.2) is 6.43 Å². The summed E-state index contributed by atoms with van der Waals surface area (Å²) in [6.45, 7) is 1.33. The van der Waals surface area contributed by atoms with Gasteiger partial charge in [0.2, 0.25) is 0 Å². The first-order valence-electron chi connectivity index (χ1n) is 3.26. The molecule has 1 nitrogen and oxygen atoms in total. The van der Waals surface area contributed by atoms with Crippen LogP contribution in [0.25, 0.3) is 0 Å². The molecule has 1 aromatic rings. The van der Waals surface area contributed by atoms with Crippen molar-refractivity contribution >= 4 is 27.3 Å². The monoisotopic (exact) mass is 255 g/mol. The molecule has 1 rings (SSSR count). The van der Waals surface area contributed by atoms with Crippen LogP contribution in [0, 0.1) is 0 Å². The van der Waals surface area contributed by atoms with Crippen molar-refractivity contribution < 1.29 is 8.78 Å². The first-order chi connectivity index (χ1) is 5.44. The largest absolute Gasteiger partial charge is 0.317 e. The summed E-state index contributed by atoms with van der Waals surface area (Å²) >= 11 is 4.54. The Hall–Kier alpha value is -0.000000000000000111. The van der Waals surface area contributed by atoms with Crippen molar-refractivity contribution in [3.05, 3.63) is 20.8 Å². The molecule has 1 atom stereocenters. The summed E-state index contributed by atoms with van der Waals surface area (Å²) in [6.07, 6.45) is -2.54. The Bertz CT molecular complexity index is 272. The van der Waals surface area contributed by atoms with Crippen molar-refractivity contribution in [3.63, 3.8) is 0 Å². The van der Waals surface area contributed by atoms with E-state index >= 15 is 0 Å². The molecule has 1 aromatic heterocycles. The molecule has 1 unspecified atom stereocenters. The second kappa shape index (κ2) is 3.40. The fourth-order valence-electron chi connectivity index (χ4n) is 0.719. The third-order valence-corrected chi connectivity index (χ3v) is 3.15. The van der Waals surface area contributed by atoms with Gasteiger partial charge < -0.3 is 5.73 Å². The molecule has 5 heteroatoms. The van der Waals surface area contributed by atoms with Gasteiger partial charge in [-0.1, -0.05) is 0 Å². The second-order valence-corrected chi connectivity index (χ2v) is 5.01. The predicted molar refractivity (Wildman–Crippen MR) is 49.6 cm³/mol. The Morgan fingerprint density at radius 1 is 1.67 bits per heavy atom.